The van der Waals surface area contributed by atoms with Gasteiger partial charge < -0.3 is 0 Å². The van der Waals surface area contributed by atoms with Gasteiger partial charge in [0.15, 0.2) is 0 Å². The number of pyridine rings is 1. The Morgan fingerprint density at radius 3 is 2.04 bits per heavy atom. The van der Waals surface area contributed by atoms with Crippen LogP contribution in [-0.2, 0) is 3.02 Å². The fourth-order valence-electron chi connectivity index (χ4n) is 2.09. The van der Waals surface area contributed by atoms with Crippen LogP contribution in [0.2, 0.25) is 0 Å². The molecule has 3 rings (SSSR count). The first-order valence-corrected chi connectivity index (χ1v) is 11.3. The van der Waals surface area contributed by atoms with Crippen LogP contribution in [0.5, 0.6) is 0 Å². The molecule has 5 nitrogen and oxygen atoms in total. The van der Waals surface area contributed by atoms with E-state index < -0.39 is 20.6 Å². The molecule has 6 heteroatoms. The van der Waals surface area contributed by atoms with Crippen LogP contribution in [-0.4, -0.2) is 37.9 Å². The Labute approximate surface area is 154 Å². The van der Waals surface area contributed by atoms with Gasteiger partial charge in [-0.05, 0) is 0 Å². The average Bonchev–Trinajstić information content (AvgIpc) is 2.68. The number of benzene rings is 2. The van der Waals surface area contributed by atoms with E-state index in [4.69, 9.17) is 8.75 Å². The zero-order valence-corrected chi connectivity index (χ0v) is 16.0. The summed E-state index contributed by atoms with van der Waals surface area (Å²) in [6, 6.07) is 25.9. The van der Waals surface area contributed by atoms with Crippen LogP contribution in [0.1, 0.15) is 5.69 Å². The van der Waals surface area contributed by atoms with E-state index >= 15 is 0 Å². The average molecular weight is 439 g/mol. The van der Waals surface area contributed by atoms with Gasteiger partial charge in [0.2, 0.25) is 0 Å². The van der Waals surface area contributed by atoms with E-state index in [1.54, 1.807) is 12.4 Å². The van der Waals surface area contributed by atoms with E-state index in [-0.39, 0.29) is 6.02 Å². The second-order valence-electron chi connectivity index (χ2n) is 4.99. The third-order valence-electron chi connectivity index (χ3n) is 3.20. The van der Waals surface area contributed by atoms with Crippen molar-refractivity contribution in [2.24, 2.45) is 15.9 Å². The zero-order chi connectivity index (χ0) is 17.3. The Morgan fingerprint density at radius 2 is 1.48 bits per heavy atom. The molecule has 124 valence electrons. The topological polar surface area (TPSA) is 72.9 Å². The molecule has 1 heterocycles. The van der Waals surface area contributed by atoms with Crippen molar-refractivity contribution in [3.05, 3.63) is 90.8 Å². The van der Waals surface area contributed by atoms with Gasteiger partial charge in [0.05, 0.1) is 0 Å². The Kier molecular flexibility index (Phi) is 6.18. The van der Waals surface area contributed by atoms with Crippen molar-refractivity contribution in [2.75, 3.05) is 0 Å². The molecule has 0 amide bonds. The van der Waals surface area contributed by atoms with E-state index in [2.05, 4.69) is 39.5 Å². The summed E-state index contributed by atoms with van der Waals surface area (Å²) in [4.78, 5) is 4.14. The van der Waals surface area contributed by atoms with E-state index in [1.165, 1.54) is 7.02 Å². The molecule has 0 unspecified atom stereocenters. The Hall–Kier alpha value is -2.65. The molecule has 2 N–H and O–H groups in total. The summed E-state index contributed by atoms with van der Waals surface area (Å²) < 4.78 is 8.38. The molecular formula is C19H17N4OSb. The van der Waals surface area contributed by atoms with Crippen molar-refractivity contribution < 1.29 is 3.02 Å². The third-order valence-corrected chi connectivity index (χ3v) is 8.63. The number of aromatic nitrogens is 1. The van der Waals surface area contributed by atoms with Gasteiger partial charge in [0.1, 0.15) is 0 Å². The van der Waals surface area contributed by atoms with Gasteiger partial charge in [-0.1, -0.05) is 0 Å². The van der Waals surface area contributed by atoms with Gasteiger partial charge >= 0.3 is 155 Å². The Morgan fingerprint density at radius 1 is 0.880 bits per heavy atom. The molecule has 2 aromatic carbocycles. The Balaban J connectivity index is 1.78. The van der Waals surface area contributed by atoms with Gasteiger partial charge in [-0.3, -0.25) is 0 Å². The summed E-state index contributed by atoms with van der Waals surface area (Å²) in [5.41, 5.74) is 6.66. The molecule has 0 bridgehead atoms. The molecule has 3 aromatic rings. The summed E-state index contributed by atoms with van der Waals surface area (Å²) in [5, 5.41) is 7.92. The van der Waals surface area contributed by atoms with Crippen LogP contribution < -0.4 is 12.8 Å². The van der Waals surface area contributed by atoms with Crippen LogP contribution in [0, 0.1) is 0 Å². The van der Waals surface area contributed by atoms with E-state index in [0.717, 1.165) is 0 Å². The monoisotopic (exact) mass is 438 g/mol. The maximum atomic E-state index is 6.04. The van der Waals surface area contributed by atoms with Crippen molar-refractivity contribution in [3.8, 4) is 0 Å². The summed E-state index contributed by atoms with van der Waals surface area (Å²) in [6.07, 6.45) is 3.24. The van der Waals surface area contributed by atoms with Crippen LogP contribution in [0.25, 0.3) is 0 Å². The molecule has 0 saturated carbocycles. The number of nitrogens with zero attached hydrogens (tertiary/aromatic N) is 3. The summed E-state index contributed by atoms with van der Waals surface area (Å²) in [6.45, 7) is 0. The molecule has 0 aliphatic rings. The molecule has 0 spiro atoms. The summed E-state index contributed by atoms with van der Waals surface area (Å²) in [7, 11) is 0. The summed E-state index contributed by atoms with van der Waals surface area (Å²) in [5.74, 6) is 0. The molecule has 0 atom stereocenters. The number of nitrogens with two attached hydrogens (primary N) is 1. The molecule has 0 saturated heterocycles. The quantitative estimate of drug-likeness (QED) is 0.284. The van der Waals surface area contributed by atoms with Crippen molar-refractivity contribution in [3.63, 3.8) is 0 Å². The summed E-state index contributed by atoms with van der Waals surface area (Å²) >= 11 is -2.49. The number of rotatable bonds is 5. The molecule has 0 radical (unpaired) electrons. The Bertz CT molecular complexity index is 800. The molecule has 1 aromatic heterocycles. The van der Waals surface area contributed by atoms with Crippen molar-refractivity contribution >= 4 is 39.9 Å². The number of hydrogen-bond acceptors (Lipinski definition) is 4. The molecule has 0 fully saturated rings. The van der Waals surface area contributed by atoms with Gasteiger partial charge in [-0.2, -0.15) is 0 Å². The first kappa shape index (κ1) is 17.2. The van der Waals surface area contributed by atoms with Crippen LogP contribution in [0.3, 0.4) is 0 Å². The minimum absolute atomic E-state index is 0.0721. The minimum atomic E-state index is -2.49. The number of amidine groups is 1. The standard InChI is InChI=1S/C7H8N4O.2C6H5.Sb/c8-7(12)11-10-5-6-3-1-2-4-9-6;2*1-2-4-6-5-3-1;/h1-5H,(H3,8,11,12);2*1-5H;/q;;;+1/p-1/b10-5+;;;. The maximum absolute atomic E-state index is 6.04. The van der Waals surface area contributed by atoms with E-state index in [1.807, 2.05) is 54.6 Å². The van der Waals surface area contributed by atoms with Crippen LogP contribution >= 0.6 is 0 Å². The van der Waals surface area contributed by atoms with Crippen LogP contribution in [0.15, 0.2) is 95.3 Å². The molecule has 25 heavy (non-hydrogen) atoms. The van der Waals surface area contributed by atoms with Gasteiger partial charge in [0, 0.05) is 0 Å². The second kappa shape index (κ2) is 8.99. The van der Waals surface area contributed by atoms with E-state index in [0.29, 0.717) is 5.69 Å². The second-order valence-corrected chi connectivity index (χ2v) is 10.1. The molecule has 0 aliphatic carbocycles. The first-order valence-electron chi connectivity index (χ1n) is 7.68. The normalized spacial score (nSPS) is 11.8. The van der Waals surface area contributed by atoms with Crippen LogP contribution in [0.4, 0.5) is 0 Å². The van der Waals surface area contributed by atoms with Crippen molar-refractivity contribution in [1.82, 2.24) is 4.98 Å². The van der Waals surface area contributed by atoms with Crippen molar-refractivity contribution in [2.45, 2.75) is 0 Å². The SMILES string of the molecule is N/C(=N\N=C\c1ccccn1)[O][Sb]([c]1ccccc1)[c]1ccccc1. The fourth-order valence-corrected chi connectivity index (χ4v) is 6.71. The third kappa shape index (κ3) is 5.16. The van der Waals surface area contributed by atoms with Gasteiger partial charge in [0.25, 0.3) is 0 Å². The first-order chi connectivity index (χ1) is 12.3. The van der Waals surface area contributed by atoms with Gasteiger partial charge in [-0.25, -0.2) is 0 Å². The van der Waals surface area contributed by atoms with Gasteiger partial charge in [-0.15, -0.1) is 0 Å². The molecular weight excluding hydrogens is 422 g/mol. The van der Waals surface area contributed by atoms with Crippen molar-refractivity contribution in [1.29, 1.82) is 0 Å². The molecule has 0 aliphatic heterocycles. The fraction of sp³-hybridized carbons (Fsp3) is 0. The number of hydrogen-bond donors (Lipinski definition) is 1. The zero-order valence-electron chi connectivity index (χ0n) is 13.4. The predicted octanol–water partition coefficient (Wildman–Crippen LogP) is 1.55. The predicted molar refractivity (Wildman–Crippen MR) is 102 cm³/mol. The van der Waals surface area contributed by atoms with E-state index in [9.17, 15) is 0 Å².